The minimum Gasteiger partial charge on any atom is -0.457 e. The van der Waals surface area contributed by atoms with Gasteiger partial charge in [-0.1, -0.05) is 37.3 Å². The number of ether oxygens (including phenoxy) is 2. The third kappa shape index (κ3) is 9.42. The molecule has 0 saturated carbocycles. The van der Waals surface area contributed by atoms with Gasteiger partial charge in [-0.3, -0.25) is 28.8 Å². The SMILES string of the molecule is CC[C@@]1(OC(=O)C(F)(F)F)C(=O)OCc2c1cc1n(c2=O)Cc2c-1nc1cc(F)c(C)c3c1c2[C@@H](NC(=O)CCCN(CC(N)=O)C(=O)[C@H](Cc1ccccc1)NC(=O)CNC(=O)CN)CC3. The molecule has 18 nitrogen and oxygen atoms in total. The van der Waals surface area contributed by atoms with Crippen molar-refractivity contribution in [1.29, 1.82) is 0 Å². The molecule has 0 unspecified atom stereocenters. The van der Waals surface area contributed by atoms with E-state index in [0.717, 1.165) is 4.90 Å². The number of alkyl halides is 3. The fourth-order valence-electron chi connectivity index (χ4n) is 8.99. The van der Waals surface area contributed by atoms with Crippen LogP contribution < -0.4 is 33.0 Å². The molecule has 0 radical (unpaired) electrons. The summed E-state index contributed by atoms with van der Waals surface area (Å²) in [6, 6.07) is 9.23. The summed E-state index contributed by atoms with van der Waals surface area (Å²) in [5, 5.41) is 8.49. The molecule has 0 fully saturated rings. The van der Waals surface area contributed by atoms with Crippen LogP contribution in [0.2, 0.25) is 0 Å². The van der Waals surface area contributed by atoms with Crippen LogP contribution in [-0.4, -0.2) is 94.3 Å². The zero-order chi connectivity index (χ0) is 48.5. The van der Waals surface area contributed by atoms with E-state index in [1.54, 1.807) is 37.3 Å². The number of aryl methyl sites for hydroxylation is 1. The lowest BCUT2D eigenvalue weighted by molar-refractivity contribution is -0.223. The number of aromatic nitrogens is 2. The summed E-state index contributed by atoms with van der Waals surface area (Å²) in [5.41, 5.74) is 9.86. The maximum Gasteiger partial charge on any atom is 0.490 e. The lowest BCUT2D eigenvalue weighted by Crippen LogP contribution is -2.53. The third-order valence-electron chi connectivity index (χ3n) is 12.2. The first kappa shape index (κ1) is 47.7. The Hall–Kier alpha value is -7.23. The van der Waals surface area contributed by atoms with Crippen LogP contribution in [0.3, 0.4) is 0 Å². The van der Waals surface area contributed by atoms with Crippen LogP contribution in [0.1, 0.15) is 77.6 Å². The Bertz CT molecular complexity index is 2780. The van der Waals surface area contributed by atoms with Gasteiger partial charge < -0.3 is 46.4 Å². The molecule has 4 heterocycles. The number of amides is 5. The van der Waals surface area contributed by atoms with Gasteiger partial charge in [-0.25, -0.2) is 19.0 Å². The van der Waals surface area contributed by atoms with Crippen LogP contribution in [0.25, 0.3) is 22.3 Å². The number of benzene rings is 2. The van der Waals surface area contributed by atoms with E-state index in [-0.39, 0.29) is 73.3 Å². The van der Waals surface area contributed by atoms with Crippen molar-refractivity contribution in [2.45, 2.75) is 89.4 Å². The van der Waals surface area contributed by atoms with Crippen molar-refractivity contribution in [1.82, 2.24) is 30.4 Å². The van der Waals surface area contributed by atoms with Gasteiger partial charge >= 0.3 is 18.1 Å². The van der Waals surface area contributed by atoms with Crippen LogP contribution in [0.4, 0.5) is 17.6 Å². The molecule has 7 N–H and O–H groups in total. The summed E-state index contributed by atoms with van der Waals surface area (Å²) in [7, 11) is 0. The lowest BCUT2D eigenvalue weighted by Gasteiger charge is -2.35. The zero-order valence-corrected chi connectivity index (χ0v) is 36.3. The van der Waals surface area contributed by atoms with E-state index >= 15 is 4.39 Å². The number of pyridine rings is 2. The lowest BCUT2D eigenvalue weighted by atomic mass is 9.81. The maximum atomic E-state index is 15.5. The van der Waals surface area contributed by atoms with Crippen LogP contribution in [-0.2, 0) is 74.6 Å². The molecule has 3 atom stereocenters. The van der Waals surface area contributed by atoms with Gasteiger partial charge in [0, 0.05) is 42.0 Å². The molecule has 0 bridgehead atoms. The van der Waals surface area contributed by atoms with Crippen molar-refractivity contribution in [2.24, 2.45) is 11.5 Å². The quantitative estimate of drug-likeness (QED) is 0.0699. The van der Waals surface area contributed by atoms with Crippen molar-refractivity contribution >= 4 is 52.4 Å². The number of hydrogen-bond acceptors (Lipinski definition) is 12. The highest BCUT2D eigenvalue weighted by atomic mass is 19.4. The molecule has 1 aliphatic carbocycles. The summed E-state index contributed by atoms with van der Waals surface area (Å²) < 4.78 is 67.3. The molecule has 67 heavy (non-hydrogen) atoms. The van der Waals surface area contributed by atoms with Crippen molar-refractivity contribution < 1.29 is 60.6 Å². The Morgan fingerprint density at radius 2 is 1.78 bits per heavy atom. The summed E-state index contributed by atoms with van der Waals surface area (Å²) in [6.07, 6.45) is -5.58. The normalized spacial score (nSPS) is 17.3. The number of esters is 2. The van der Waals surface area contributed by atoms with E-state index in [1.807, 2.05) is 0 Å². The molecule has 0 spiro atoms. The predicted molar refractivity (Wildman–Crippen MR) is 228 cm³/mol. The van der Waals surface area contributed by atoms with Gasteiger partial charge in [-0.05, 0) is 60.9 Å². The van der Waals surface area contributed by atoms with Crippen LogP contribution in [0.5, 0.6) is 0 Å². The summed E-state index contributed by atoms with van der Waals surface area (Å²) in [5.74, 6) is -7.86. The fraction of sp³-hybridized carbons (Fsp3) is 0.400. The molecule has 2 aromatic heterocycles. The smallest absolute Gasteiger partial charge is 0.457 e. The standard InChI is InChI=1S/C45H46F4N8O10/c1-3-44(67-43(65)45(47,48)49)27-15-32-39-25(19-57(32)40(62)26(27)21-66-42(44)64)38-29(12-11-24-22(2)28(46)16-30(55-39)37(24)38)53-34(59)10-7-13-56(20-33(51)58)41(63)31(14-23-8-5-4-6-9-23)54-36(61)18-52-35(60)17-50/h4-6,8-9,15-16,29,31H,3,7,10-14,17-21,50H2,1-2H3,(H2,51,58)(H,52,60)(H,53,59)(H,54,61)/t29-,31-,44-/m0/s1. The predicted octanol–water partition coefficient (Wildman–Crippen LogP) is 1.64. The first-order chi connectivity index (χ1) is 31.8. The third-order valence-corrected chi connectivity index (χ3v) is 12.2. The highest BCUT2D eigenvalue weighted by Crippen LogP contribution is 2.47. The molecular formula is C45H46F4N8O10. The Morgan fingerprint density at radius 1 is 1.04 bits per heavy atom. The van der Waals surface area contributed by atoms with E-state index in [4.69, 9.17) is 25.9 Å². The van der Waals surface area contributed by atoms with Crippen LogP contribution >= 0.6 is 0 Å². The minimum atomic E-state index is -5.49. The Labute approximate surface area is 378 Å². The number of halogens is 4. The van der Waals surface area contributed by atoms with Crippen LogP contribution in [0.15, 0.2) is 47.3 Å². The summed E-state index contributed by atoms with van der Waals surface area (Å²) >= 11 is 0. The number of cyclic esters (lactones) is 1. The summed E-state index contributed by atoms with van der Waals surface area (Å²) in [6.45, 7) is 0.608. The fourth-order valence-corrected chi connectivity index (χ4v) is 8.99. The number of rotatable bonds is 16. The maximum absolute atomic E-state index is 15.5. The van der Waals surface area contributed by atoms with Gasteiger partial charge in [-0.15, -0.1) is 0 Å². The van der Waals surface area contributed by atoms with E-state index < -0.39 is 103 Å². The minimum absolute atomic E-state index is 0.0127. The van der Waals surface area contributed by atoms with Crippen LogP contribution in [0, 0.1) is 12.7 Å². The topological polar surface area (TPSA) is 264 Å². The molecule has 22 heteroatoms. The van der Waals surface area contributed by atoms with E-state index in [9.17, 15) is 51.5 Å². The summed E-state index contributed by atoms with van der Waals surface area (Å²) in [4.78, 5) is 110. The number of hydrogen-bond donors (Lipinski definition) is 5. The number of primary amides is 1. The highest BCUT2D eigenvalue weighted by Gasteiger charge is 2.55. The van der Waals surface area contributed by atoms with E-state index in [1.165, 1.54) is 23.6 Å². The number of carbonyl (C=O) groups excluding carboxylic acids is 7. The molecule has 5 amide bonds. The average Bonchev–Trinajstić information content (AvgIpc) is 3.66. The first-order valence-electron chi connectivity index (χ1n) is 21.3. The number of nitrogens with two attached hydrogens (primary N) is 2. The number of fused-ring (bicyclic) bond motifs is 5. The average molecular weight is 935 g/mol. The molecule has 4 aromatic rings. The molecule has 2 aliphatic heterocycles. The van der Waals surface area contributed by atoms with Gasteiger partial charge in [0.15, 0.2) is 0 Å². The van der Waals surface area contributed by atoms with E-state index in [2.05, 4.69) is 16.0 Å². The number of nitrogens with zero attached hydrogens (tertiary/aromatic N) is 3. The van der Waals surface area contributed by atoms with Gasteiger partial charge in [0.2, 0.25) is 35.1 Å². The molecule has 3 aliphatic rings. The Morgan fingerprint density at radius 3 is 2.45 bits per heavy atom. The Balaban J connectivity index is 1.17. The van der Waals surface area contributed by atoms with Crippen molar-refractivity contribution in [3.63, 3.8) is 0 Å². The molecule has 2 aromatic carbocycles. The van der Waals surface area contributed by atoms with Crippen molar-refractivity contribution in [2.75, 3.05) is 26.2 Å². The van der Waals surface area contributed by atoms with Crippen molar-refractivity contribution in [3.05, 3.63) is 97.6 Å². The highest BCUT2D eigenvalue weighted by molar-refractivity contribution is 5.95. The monoisotopic (exact) mass is 934 g/mol. The second kappa shape index (κ2) is 18.9. The largest absolute Gasteiger partial charge is 0.490 e. The molecule has 7 rings (SSSR count). The Kier molecular flexibility index (Phi) is 13.5. The molecule has 354 valence electrons. The second-order valence-corrected chi connectivity index (χ2v) is 16.4. The van der Waals surface area contributed by atoms with Crippen molar-refractivity contribution in [3.8, 4) is 11.4 Å². The zero-order valence-electron chi connectivity index (χ0n) is 36.3. The number of carbonyl (C=O) groups is 7. The van der Waals surface area contributed by atoms with Gasteiger partial charge in [-0.2, -0.15) is 13.2 Å². The van der Waals surface area contributed by atoms with Gasteiger partial charge in [0.25, 0.3) is 5.56 Å². The van der Waals surface area contributed by atoms with E-state index in [0.29, 0.717) is 39.6 Å². The van der Waals surface area contributed by atoms with Gasteiger partial charge in [0.1, 0.15) is 18.5 Å². The molecular weight excluding hydrogens is 889 g/mol. The first-order valence-corrected chi connectivity index (χ1v) is 21.3. The second-order valence-electron chi connectivity index (χ2n) is 16.4. The van der Waals surface area contributed by atoms with Gasteiger partial charge in [0.05, 0.1) is 54.7 Å². The number of nitrogens with one attached hydrogen (secondary N) is 3. The molecule has 0 saturated heterocycles.